The Kier molecular flexibility index (Phi) is 3.79. The first-order chi connectivity index (χ1) is 9.91. The molecule has 116 valence electrons. The predicted octanol–water partition coefficient (Wildman–Crippen LogP) is 2.11. The Bertz CT molecular complexity index is 597. The molecule has 21 heavy (non-hydrogen) atoms. The van der Waals surface area contributed by atoms with Crippen LogP contribution in [0.3, 0.4) is 0 Å². The number of ether oxygens (including phenoxy) is 2. The summed E-state index contributed by atoms with van der Waals surface area (Å²) in [4.78, 5) is 0. The van der Waals surface area contributed by atoms with Crippen molar-refractivity contribution in [3.8, 4) is 0 Å². The highest BCUT2D eigenvalue weighted by Crippen LogP contribution is 2.47. The van der Waals surface area contributed by atoms with Crippen LogP contribution in [-0.4, -0.2) is 36.3 Å². The average molecular weight is 313 g/mol. The fourth-order valence-electron chi connectivity index (χ4n) is 3.02. The van der Waals surface area contributed by atoms with Gasteiger partial charge in [0.25, 0.3) is 0 Å². The van der Waals surface area contributed by atoms with Crippen LogP contribution < -0.4 is 0 Å². The van der Waals surface area contributed by atoms with Gasteiger partial charge in [0.15, 0.2) is 12.0 Å². The lowest BCUT2D eigenvalue weighted by molar-refractivity contribution is -0.176. The topological polar surface area (TPSA) is 76.1 Å². The van der Waals surface area contributed by atoms with E-state index in [-0.39, 0.29) is 0 Å². The minimum Gasteiger partial charge on any atom is -0.338 e. The molecule has 3 rings (SSSR count). The van der Waals surface area contributed by atoms with Gasteiger partial charge in [-0.15, -0.1) is 0 Å². The van der Waals surface area contributed by atoms with Gasteiger partial charge in [-0.25, -0.2) is 0 Å². The second-order valence-electron chi connectivity index (χ2n) is 5.57. The maximum absolute atomic E-state index is 11.4. The van der Waals surface area contributed by atoms with E-state index in [2.05, 4.69) is 0 Å². The van der Waals surface area contributed by atoms with Gasteiger partial charge in [-0.05, 0) is 18.4 Å². The third-order valence-corrected chi connectivity index (χ3v) is 5.09. The fraction of sp³-hybridized carbons (Fsp3) is 0.571. The molecule has 0 bridgehead atoms. The SMILES string of the molecule is CN(C1OC2(CCCC2)OC1c1ccccc1)S(=O)(=O)O. The highest BCUT2D eigenvalue weighted by atomic mass is 32.2. The fourth-order valence-corrected chi connectivity index (χ4v) is 3.44. The zero-order chi connectivity index (χ0) is 15.1. The van der Waals surface area contributed by atoms with E-state index in [0.29, 0.717) is 0 Å². The van der Waals surface area contributed by atoms with Crippen LogP contribution in [0, 0.1) is 0 Å². The third kappa shape index (κ3) is 2.84. The van der Waals surface area contributed by atoms with E-state index >= 15 is 0 Å². The molecule has 2 aliphatic rings. The van der Waals surface area contributed by atoms with Gasteiger partial charge >= 0.3 is 10.3 Å². The van der Waals surface area contributed by atoms with E-state index < -0.39 is 28.4 Å². The number of hydrogen-bond acceptors (Lipinski definition) is 4. The number of hydrogen-bond donors (Lipinski definition) is 1. The van der Waals surface area contributed by atoms with Gasteiger partial charge in [0, 0.05) is 19.9 Å². The van der Waals surface area contributed by atoms with Crippen LogP contribution >= 0.6 is 0 Å². The molecule has 1 saturated carbocycles. The van der Waals surface area contributed by atoms with Crippen LogP contribution in [0.1, 0.15) is 37.4 Å². The maximum atomic E-state index is 11.4. The summed E-state index contributed by atoms with van der Waals surface area (Å²) in [5.74, 6) is -0.732. The summed E-state index contributed by atoms with van der Waals surface area (Å²) in [5.41, 5.74) is 0.835. The van der Waals surface area contributed by atoms with Crippen molar-refractivity contribution >= 4 is 10.3 Å². The molecule has 1 spiro atoms. The summed E-state index contributed by atoms with van der Waals surface area (Å²) in [6.45, 7) is 0. The molecule has 1 heterocycles. The number of benzene rings is 1. The molecule has 1 saturated heterocycles. The molecule has 2 unspecified atom stereocenters. The van der Waals surface area contributed by atoms with Crippen molar-refractivity contribution in [1.82, 2.24) is 4.31 Å². The van der Waals surface area contributed by atoms with Crippen LogP contribution in [0.25, 0.3) is 0 Å². The quantitative estimate of drug-likeness (QED) is 0.865. The first-order valence-electron chi connectivity index (χ1n) is 7.02. The van der Waals surface area contributed by atoms with E-state index in [1.807, 2.05) is 30.3 Å². The zero-order valence-corrected chi connectivity index (χ0v) is 12.6. The maximum Gasteiger partial charge on any atom is 0.337 e. The van der Waals surface area contributed by atoms with Gasteiger partial charge in [0.2, 0.25) is 0 Å². The third-order valence-electron chi connectivity index (χ3n) is 4.15. The Hall–Kier alpha value is -0.990. The van der Waals surface area contributed by atoms with Crippen LogP contribution in [0.15, 0.2) is 30.3 Å². The molecule has 1 aromatic rings. The van der Waals surface area contributed by atoms with Crippen molar-refractivity contribution in [3.05, 3.63) is 35.9 Å². The van der Waals surface area contributed by atoms with E-state index in [1.54, 1.807) is 0 Å². The van der Waals surface area contributed by atoms with E-state index in [1.165, 1.54) is 7.05 Å². The monoisotopic (exact) mass is 313 g/mol. The minimum atomic E-state index is -4.35. The summed E-state index contributed by atoms with van der Waals surface area (Å²) in [7, 11) is -3.05. The van der Waals surface area contributed by atoms with E-state index in [9.17, 15) is 13.0 Å². The molecule has 6 nitrogen and oxygen atoms in total. The number of nitrogens with zero attached hydrogens (tertiary/aromatic N) is 1. The molecule has 1 aromatic carbocycles. The Morgan fingerprint density at radius 3 is 2.38 bits per heavy atom. The predicted molar refractivity (Wildman–Crippen MR) is 75.7 cm³/mol. The molecule has 1 N–H and O–H groups in total. The van der Waals surface area contributed by atoms with Crippen LogP contribution in [-0.2, 0) is 19.8 Å². The lowest BCUT2D eigenvalue weighted by Crippen LogP contribution is -2.40. The zero-order valence-electron chi connectivity index (χ0n) is 11.8. The van der Waals surface area contributed by atoms with E-state index in [4.69, 9.17) is 9.47 Å². The van der Waals surface area contributed by atoms with Gasteiger partial charge in [0.05, 0.1) is 0 Å². The summed E-state index contributed by atoms with van der Waals surface area (Å²) >= 11 is 0. The molecule has 0 radical (unpaired) electrons. The van der Waals surface area contributed by atoms with Crippen molar-refractivity contribution in [2.24, 2.45) is 0 Å². The summed E-state index contributed by atoms with van der Waals surface area (Å²) in [6.07, 6.45) is 2.06. The molecule has 1 aliphatic carbocycles. The molecule has 2 atom stereocenters. The molecule has 7 heteroatoms. The Labute approximate surface area is 124 Å². The van der Waals surface area contributed by atoms with Gasteiger partial charge < -0.3 is 9.47 Å². The van der Waals surface area contributed by atoms with Crippen molar-refractivity contribution in [1.29, 1.82) is 0 Å². The molecule has 1 aliphatic heterocycles. The summed E-state index contributed by atoms with van der Waals surface area (Å²) in [6, 6.07) is 9.34. The van der Waals surface area contributed by atoms with Gasteiger partial charge in [-0.1, -0.05) is 30.3 Å². The van der Waals surface area contributed by atoms with Gasteiger partial charge in [-0.2, -0.15) is 12.7 Å². The number of rotatable bonds is 3. The van der Waals surface area contributed by atoms with Gasteiger partial charge in [-0.3, -0.25) is 4.55 Å². The van der Waals surface area contributed by atoms with Gasteiger partial charge in [0.1, 0.15) is 6.10 Å². The van der Waals surface area contributed by atoms with Crippen molar-refractivity contribution in [2.75, 3.05) is 7.05 Å². The van der Waals surface area contributed by atoms with Crippen LogP contribution in [0.4, 0.5) is 0 Å². The van der Waals surface area contributed by atoms with Crippen molar-refractivity contribution < 1.29 is 22.4 Å². The van der Waals surface area contributed by atoms with Crippen molar-refractivity contribution in [3.63, 3.8) is 0 Å². The Morgan fingerprint density at radius 2 is 1.81 bits per heavy atom. The first kappa shape index (κ1) is 14.9. The average Bonchev–Trinajstić information content (AvgIpc) is 3.06. The number of likely N-dealkylation sites (N-methyl/N-ethyl adjacent to an activating group) is 1. The normalized spacial score (nSPS) is 28.5. The molecule has 0 aromatic heterocycles. The Morgan fingerprint density at radius 1 is 1.19 bits per heavy atom. The first-order valence-corrected chi connectivity index (χ1v) is 8.42. The summed E-state index contributed by atoms with van der Waals surface area (Å²) in [5, 5.41) is 0. The lowest BCUT2D eigenvalue weighted by Gasteiger charge is -2.24. The van der Waals surface area contributed by atoms with E-state index in [0.717, 1.165) is 35.6 Å². The molecular weight excluding hydrogens is 294 g/mol. The smallest absolute Gasteiger partial charge is 0.337 e. The minimum absolute atomic E-state index is 0.545. The highest BCUT2D eigenvalue weighted by Gasteiger charge is 2.52. The second-order valence-corrected chi connectivity index (χ2v) is 7.04. The standard InChI is InChI=1S/C14H19NO5S/c1-15(21(16,17)18)13-12(11-7-3-2-4-8-11)19-14(20-13)9-5-6-10-14/h2-4,7-8,12-13H,5-6,9-10H2,1H3,(H,16,17,18). The highest BCUT2D eigenvalue weighted by molar-refractivity contribution is 7.83. The molecule has 0 amide bonds. The summed E-state index contributed by atoms with van der Waals surface area (Å²) < 4.78 is 45.0. The van der Waals surface area contributed by atoms with Crippen molar-refractivity contribution in [2.45, 2.75) is 43.8 Å². The molecule has 2 fully saturated rings. The molecular formula is C14H19NO5S. The second kappa shape index (κ2) is 5.33. The van der Waals surface area contributed by atoms with Crippen LogP contribution in [0.2, 0.25) is 0 Å². The largest absolute Gasteiger partial charge is 0.338 e. The lowest BCUT2D eigenvalue weighted by atomic mass is 10.1. The Balaban J connectivity index is 1.94. The van der Waals surface area contributed by atoms with Crippen LogP contribution in [0.5, 0.6) is 0 Å².